The van der Waals surface area contributed by atoms with Crippen molar-refractivity contribution in [2.75, 3.05) is 27.4 Å². The first-order valence-electron chi connectivity index (χ1n) is 4.55. The molecule has 0 spiro atoms. The van der Waals surface area contributed by atoms with Crippen LogP contribution >= 0.6 is 0 Å². The highest BCUT2D eigenvalue weighted by molar-refractivity contribution is 5.30. The Hall–Kier alpha value is -1.06. The summed E-state index contributed by atoms with van der Waals surface area (Å²) in [6.45, 7) is 0.602. The Balaban J connectivity index is 2.80. The number of methoxy groups -OCH3 is 2. The maximum absolute atomic E-state index is 9.15. The lowest BCUT2D eigenvalue weighted by molar-refractivity contribution is 0.144. The number of hydrogen-bond donors (Lipinski definition) is 1. The normalized spacial score (nSPS) is 12.5. The zero-order chi connectivity index (χ0) is 10.4. The van der Waals surface area contributed by atoms with Crippen LogP contribution < -0.4 is 4.74 Å². The van der Waals surface area contributed by atoms with Crippen LogP contribution in [-0.4, -0.2) is 32.5 Å². The number of ether oxygens (including phenoxy) is 2. The van der Waals surface area contributed by atoms with E-state index in [9.17, 15) is 0 Å². The smallest absolute Gasteiger partial charge is 0.119 e. The molecule has 0 fully saturated rings. The second-order valence-corrected chi connectivity index (χ2v) is 3.11. The fourth-order valence-corrected chi connectivity index (χ4v) is 1.35. The predicted octanol–water partition coefficient (Wildman–Crippen LogP) is 1.42. The zero-order valence-electron chi connectivity index (χ0n) is 8.56. The summed E-state index contributed by atoms with van der Waals surface area (Å²) in [6, 6.07) is 7.67. The average Bonchev–Trinajstić information content (AvgIpc) is 2.26. The molecule has 0 heterocycles. The van der Waals surface area contributed by atoms with Gasteiger partial charge < -0.3 is 14.6 Å². The molecule has 14 heavy (non-hydrogen) atoms. The van der Waals surface area contributed by atoms with Crippen molar-refractivity contribution < 1.29 is 14.6 Å². The molecule has 0 saturated carbocycles. The van der Waals surface area contributed by atoms with Crippen molar-refractivity contribution >= 4 is 0 Å². The first-order chi connectivity index (χ1) is 6.81. The third-order valence-electron chi connectivity index (χ3n) is 2.15. The molecular formula is C11H16O3. The highest BCUT2D eigenvalue weighted by Crippen LogP contribution is 2.20. The van der Waals surface area contributed by atoms with Crippen LogP contribution in [0.4, 0.5) is 0 Å². The van der Waals surface area contributed by atoms with E-state index in [1.54, 1.807) is 14.2 Å². The van der Waals surface area contributed by atoms with E-state index >= 15 is 0 Å². The van der Waals surface area contributed by atoms with Gasteiger partial charge in [-0.05, 0) is 17.7 Å². The Morgan fingerprint density at radius 1 is 1.36 bits per heavy atom. The van der Waals surface area contributed by atoms with Gasteiger partial charge in [-0.15, -0.1) is 0 Å². The molecule has 0 radical (unpaired) electrons. The van der Waals surface area contributed by atoms with Gasteiger partial charge in [-0.1, -0.05) is 12.1 Å². The van der Waals surface area contributed by atoms with Crippen molar-refractivity contribution in [3.05, 3.63) is 29.8 Å². The third-order valence-corrected chi connectivity index (χ3v) is 2.15. The predicted molar refractivity (Wildman–Crippen MR) is 54.7 cm³/mol. The second-order valence-electron chi connectivity index (χ2n) is 3.11. The topological polar surface area (TPSA) is 38.7 Å². The molecule has 0 saturated heterocycles. The summed E-state index contributed by atoms with van der Waals surface area (Å²) in [6.07, 6.45) is 0. The van der Waals surface area contributed by atoms with Gasteiger partial charge in [-0.3, -0.25) is 0 Å². The van der Waals surface area contributed by atoms with Crippen LogP contribution in [0.15, 0.2) is 24.3 Å². The van der Waals surface area contributed by atoms with E-state index in [0.717, 1.165) is 11.3 Å². The Labute approximate surface area is 84.3 Å². The van der Waals surface area contributed by atoms with Gasteiger partial charge in [-0.2, -0.15) is 0 Å². The summed E-state index contributed by atoms with van der Waals surface area (Å²) in [5.41, 5.74) is 1.04. The van der Waals surface area contributed by atoms with E-state index < -0.39 is 0 Å². The van der Waals surface area contributed by atoms with Gasteiger partial charge in [-0.25, -0.2) is 0 Å². The van der Waals surface area contributed by atoms with Crippen LogP contribution in [0.2, 0.25) is 0 Å². The van der Waals surface area contributed by atoms with Crippen LogP contribution in [0.25, 0.3) is 0 Å². The molecular weight excluding hydrogens is 180 g/mol. The van der Waals surface area contributed by atoms with Gasteiger partial charge in [0.15, 0.2) is 0 Å². The fraction of sp³-hybridized carbons (Fsp3) is 0.455. The van der Waals surface area contributed by atoms with Gasteiger partial charge in [0, 0.05) is 13.0 Å². The third kappa shape index (κ3) is 2.72. The Kier molecular flexibility index (Phi) is 4.43. The molecule has 0 bridgehead atoms. The van der Waals surface area contributed by atoms with Gasteiger partial charge in [0.2, 0.25) is 0 Å². The SMILES string of the molecule is COCC(CO)c1cccc(OC)c1. The van der Waals surface area contributed by atoms with E-state index in [0.29, 0.717) is 6.61 Å². The first kappa shape index (κ1) is 11.0. The number of benzene rings is 1. The monoisotopic (exact) mass is 196 g/mol. The Bertz CT molecular complexity index is 273. The van der Waals surface area contributed by atoms with Crippen molar-refractivity contribution in [3.8, 4) is 5.75 Å². The number of aliphatic hydroxyl groups is 1. The maximum Gasteiger partial charge on any atom is 0.119 e. The highest BCUT2D eigenvalue weighted by Gasteiger charge is 2.10. The van der Waals surface area contributed by atoms with Crippen LogP contribution in [0.3, 0.4) is 0 Å². The molecule has 1 N–H and O–H groups in total. The standard InChI is InChI=1S/C11H16O3/c1-13-8-10(7-12)9-4-3-5-11(6-9)14-2/h3-6,10,12H,7-8H2,1-2H3. The lowest BCUT2D eigenvalue weighted by Gasteiger charge is -2.14. The molecule has 0 amide bonds. The molecule has 0 aliphatic rings. The Morgan fingerprint density at radius 3 is 2.71 bits per heavy atom. The number of hydrogen-bond acceptors (Lipinski definition) is 3. The van der Waals surface area contributed by atoms with Gasteiger partial charge in [0.1, 0.15) is 5.75 Å². The molecule has 1 atom stereocenters. The largest absolute Gasteiger partial charge is 0.497 e. The molecule has 1 rings (SSSR count). The lowest BCUT2D eigenvalue weighted by atomic mass is 10.0. The van der Waals surface area contributed by atoms with E-state index in [1.165, 1.54) is 0 Å². The molecule has 1 aromatic carbocycles. The summed E-state index contributed by atoms with van der Waals surface area (Å²) in [7, 11) is 3.26. The zero-order valence-corrected chi connectivity index (χ0v) is 8.56. The van der Waals surface area contributed by atoms with Crippen LogP contribution in [0.1, 0.15) is 11.5 Å². The van der Waals surface area contributed by atoms with Crippen molar-refractivity contribution in [3.63, 3.8) is 0 Å². The summed E-state index contributed by atoms with van der Waals surface area (Å²) in [5, 5.41) is 9.15. The highest BCUT2D eigenvalue weighted by atomic mass is 16.5. The molecule has 3 heteroatoms. The maximum atomic E-state index is 9.15. The lowest BCUT2D eigenvalue weighted by Crippen LogP contribution is -2.10. The number of rotatable bonds is 5. The van der Waals surface area contributed by atoms with Crippen molar-refractivity contribution in [1.82, 2.24) is 0 Å². The van der Waals surface area contributed by atoms with E-state index in [2.05, 4.69) is 0 Å². The van der Waals surface area contributed by atoms with Crippen molar-refractivity contribution in [2.24, 2.45) is 0 Å². The second kappa shape index (κ2) is 5.62. The first-order valence-corrected chi connectivity index (χ1v) is 4.55. The van der Waals surface area contributed by atoms with Gasteiger partial charge in [0.25, 0.3) is 0 Å². The number of aliphatic hydroxyl groups excluding tert-OH is 1. The van der Waals surface area contributed by atoms with Gasteiger partial charge in [0.05, 0.1) is 20.3 Å². The van der Waals surface area contributed by atoms with Crippen LogP contribution in [0.5, 0.6) is 5.75 Å². The summed E-state index contributed by atoms with van der Waals surface area (Å²) >= 11 is 0. The summed E-state index contributed by atoms with van der Waals surface area (Å²) in [4.78, 5) is 0. The summed E-state index contributed by atoms with van der Waals surface area (Å²) in [5.74, 6) is 0.826. The average molecular weight is 196 g/mol. The van der Waals surface area contributed by atoms with E-state index in [-0.39, 0.29) is 12.5 Å². The van der Waals surface area contributed by atoms with E-state index in [4.69, 9.17) is 14.6 Å². The molecule has 0 aliphatic carbocycles. The quantitative estimate of drug-likeness (QED) is 0.774. The molecule has 1 unspecified atom stereocenters. The van der Waals surface area contributed by atoms with Gasteiger partial charge >= 0.3 is 0 Å². The summed E-state index contributed by atoms with van der Waals surface area (Å²) < 4.78 is 10.1. The minimum atomic E-state index is 0.0232. The van der Waals surface area contributed by atoms with Crippen LogP contribution in [-0.2, 0) is 4.74 Å². The fourth-order valence-electron chi connectivity index (χ4n) is 1.35. The molecule has 0 aliphatic heterocycles. The minimum absolute atomic E-state index is 0.0232. The molecule has 3 nitrogen and oxygen atoms in total. The van der Waals surface area contributed by atoms with Crippen molar-refractivity contribution in [2.45, 2.75) is 5.92 Å². The molecule has 0 aromatic heterocycles. The van der Waals surface area contributed by atoms with Crippen molar-refractivity contribution in [1.29, 1.82) is 0 Å². The minimum Gasteiger partial charge on any atom is -0.497 e. The molecule has 78 valence electrons. The van der Waals surface area contributed by atoms with E-state index in [1.807, 2.05) is 24.3 Å². The Morgan fingerprint density at radius 2 is 2.14 bits per heavy atom. The van der Waals surface area contributed by atoms with Crippen LogP contribution in [0, 0.1) is 0 Å². The molecule has 1 aromatic rings.